The lowest BCUT2D eigenvalue weighted by molar-refractivity contribution is -0.116. The number of anilines is 2. The normalized spacial score (nSPS) is 13.4. The van der Waals surface area contributed by atoms with E-state index in [4.69, 9.17) is 4.74 Å². The molecule has 2 aromatic rings. The molecule has 0 bridgehead atoms. The van der Waals surface area contributed by atoms with E-state index in [2.05, 4.69) is 15.4 Å². The van der Waals surface area contributed by atoms with Gasteiger partial charge in [0.15, 0.2) is 0 Å². The smallest absolute Gasteiger partial charge is 0.232 e. The minimum absolute atomic E-state index is 0.0619. The topological polar surface area (TPSA) is 96.5 Å². The Balaban J connectivity index is 1.35. The maximum Gasteiger partial charge on any atom is 0.232 e. The van der Waals surface area contributed by atoms with E-state index in [1.165, 1.54) is 5.56 Å². The summed E-state index contributed by atoms with van der Waals surface area (Å²) < 4.78 is 32.2. The minimum Gasteiger partial charge on any atom is -0.492 e. The number of benzene rings is 2. The van der Waals surface area contributed by atoms with Crippen LogP contribution in [-0.2, 0) is 27.7 Å². The van der Waals surface area contributed by atoms with Crippen molar-refractivity contribution in [2.75, 3.05) is 35.5 Å². The van der Waals surface area contributed by atoms with Gasteiger partial charge in [-0.2, -0.15) is 0 Å². The molecule has 0 atom stereocenters. The van der Waals surface area contributed by atoms with Crippen LogP contribution in [0.5, 0.6) is 5.75 Å². The third-order valence-corrected chi connectivity index (χ3v) is 6.89. The zero-order valence-corrected chi connectivity index (χ0v) is 19.7. The van der Waals surface area contributed by atoms with Crippen LogP contribution in [0.25, 0.3) is 0 Å². The van der Waals surface area contributed by atoms with Gasteiger partial charge in [0.2, 0.25) is 15.9 Å². The third-order valence-electron chi connectivity index (χ3n) is 5.40. The average molecular weight is 460 g/mol. The molecule has 1 heterocycles. The van der Waals surface area contributed by atoms with Gasteiger partial charge in [0.05, 0.1) is 11.4 Å². The van der Waals surface area contributed by atoms with Crippen LogP contribution in [0.2, 0.25) is 0 Å². The summed E-state index contributed by atoms with van der Waals surface area (Å²) in [6, 6.07) is 11.5. The van der Waals surface area contributed by atoms with Gasteiger partial charge in [0.25, 0.3) is 0 Å². The fourth-order valence-corrected chi connectivity index (χ4v) is 4.89. The molecule has 0 saturated carbocycles. The first-order valence-corrected chi connectivity index (χ1v) is 12.9. The lowest BCUT2D eigenvalue weighted by Crippen LogP contribution is -2.24. The number of carbonyl (C=O) groups excluding carboxylic acids is 1. The van der Waals surface area contributed by atoms with Crippen molar-refractivity contribution in [3.8, 4) is 5.75 Å². The molecular weight excluding hydrogens is 426 g/mol. The van der Waals surface area contributed by atoms with E-state index < -0.39 is 10.0 Å². The van der Waals surface area contributed by atoms with Crippen LogP contribution in [0.1, 0.15) is 42.9 Å². The van der Waals surface area contributed by atoms with Crippen molar-refractivity contribution in [2.45, 2.75) is 46.0 Å². The highest BCUT2D eigenvalue weighted by Crippen LogP contribution is 2.33. The second-order valence-electron chi connectivity index (χ2n) is 8.10. The number of aryl methyl sites for hydroxylation is 2. The summed E-state index contributed by atoms with van der Waals surface area (Å²) in [7, 11) is -3.25. The van der Waals surface area contributed by atoms with Crippen molar-refractivity contribution in [2.24, 2.45) is 0 Å². The first-order valence-electron chi connectivity index (χ1n) is 11.2. The van der Waals surface area contributed by atoms with E-state index in [1.54, 1.807) is 0 Å². The molecule has 7 nitrogen and oxygen atoms in total. The molecule has 0 spiro atoms. The summed E-state index contributed by atoms with van der Waals surface area (Å²) in [5.41, 5.74) is 4.83. The SMILES string of the molecule is CCCS(=O)(=O)Nc1ccc(CCCNCCOc2ccc(C)c3c2CCC(=O)N3)cc1. The molecule has 0 radical (unpaired) electrons. The van der Waals surface area contributed by atoms with Gasteiger partial charge in [0, 0.05) is 24.2 Å². The molecule has 0 aromatic heterocycles. The molecule has 2 aromatic carbocycles. The van der Waals surface area contributed by atoms with Gasteiger partial charge >= 0.3 is 0 Å². The summed E-state index contributed by atoms with van der Waals surface area (Å²) in [6.45, 7) is 6.02. The molecule has 32 heavy (non-hydrogen) atoms. The average Bonchev–Trinajstić information content (AvgIpc) is 2.75. The molecule has 0 saturated heterocycles. The quantitative estimate of drug-likeness (QED) is 0.421. The maximum atomic E-state index is 11.8. The van der Waals surface area contributed by atoms with Crippen LogP contribution in [0.3, 0.4) is 0 Å². The highest BCUT2D eigenvalue weighted by Gasteiger charge is 2.20. The number of hydrogen-bond donors (Lipinski definition) is 3. The summed E-state index contributed by atoms with van der Waals surface area (Å²) in [5.74, 6) is 1.04. The monoisotopic (exact) mass is 459 g/mol. The van der Waals surface area contributed by atoms with Crippen LogP contribution in [0, 0.1) is 6.92 Å². The number of amides is 1. The molecule has 1 aliphatic heterocycles. The molecule has 3 rings (SSSR count). The molecule has 8 heteroatoms. The Labute approximate surface area is 191 Å². The van der Waals surface area contributed by atoms with E-state index in [-0.39, 0.29) is 11.7 Å². The van der Waals surface area contributed by atoms with Gasteiger partial charge in [-0.3, -0.25) is 9.52 Å². The Kier molecular flexibility index (Phi) is 8.53. The molecular formula is C24H33N3O4S. The highest BCUT2D eigenvalue weighted by molar-refractivity contribution is 7.92. The van der Waals surface area contributed by atoms with Gasteiger partial charge in [-0.25, -0.2) is 8.42 Å². The molecule has 174 valence electrons. The van der Waals surface area contributed by atoms with Crippen LogP contribution in [0.15, 0.2) is 36.4 Å². The Bertz CT molecular complexity index is 1020. The van der Waals surface area contributed by atoms with Crippen LogP contribution < -0.4 is 20.1 Å². The fourth-order valence-electron chi connectivity index (χ4n) is 3.76. The van der Waals surface area contributed by atoms with Crippen molar-refractivity contribution in [1.29, 1.82) is 0 Å². The van der Waals surface area contributed by atoms with Gasteiger partial charge in [-0.15, -0.1) is 0 Å². The number of carbonyl (C=O) groups is 1. The molecule has 0 fully saturated rings. The number of hydrogen-bond acceptors (Lipinski definition) is 5. The molecule has 0 unspecified atom stereocenters. The van der Waals surface area contributed by atoms with E-state index in [0.29, 0.717) is 31.6 Å². The van der Waals surface area contributed by atoms with Crippen molar-refractivity contribution in [3.63, 3.8) is 0 Å². The number of fused-ring (bicyclic) bond motifs is 1. The Morgan fingerprint density at radius 2 is 1.84 bits per heavy atom. The van der Waals surface area contributed by atoms with Crippen molar-refractivity contribution in [1.82, 2.24) is 5.32 Å². The fraction of sp³-hybridized carbons (Fsp3) is 0.458. The zero-order valence-electron chi connectivity index (χ0n) is 18.9. The predicted molar refractivity (Wildman–Crippen MR) is 129 cm³/mol. The summed E-state index contributed by atoms with van der Waals surface area (Å²) in [6.07, 6.45) is 3.70. The molecule has 3 N–H and O–H groups in total. The molecule has 1 amide bonds. The number of nitrogens with one attached hydrogen (secondary N) is 3. The van der Waals surface area contributed by atoms with Crippen LogP contribution in [0.4, 0.5) is 11.4 Å². The molecule has 1 aliphatic rings. The van der Waals surface area contributed by atoms with Crippen LogP contribution >= 0.6 is 0 Å². The zero-order chi connectivity index (χ0) is 23.0. The Hall–Kier alpha value is -2.58. The van der Waals surface area contributed by atoms with Gasteiger partial charge in [0.1, 0.15) is 12.4 Å². The standard InChI is InChI=1S/C24H33N3O4S/c1-3-17-32(29,30)27-20-9-7-19(8-10-20)5-4-14-25-15-16-31-22-12-6-18(2)24-21(22)11-13-23(28)26-24/h6-10,12,25,27H,3-5,11,13-17H2,1-2H3,(H,26,28). The minimum atomic E-state index is -3.25. The Morgan fingerprint density at radius 1 is 1.06 bits per heavy atom. The summed E-state index contributed by atoms with van der Waals surface area (Å²) >= 11 is 0. The first kappa shape index (κ1) is 24.1. The van der Waals surface area contributed by atoms with E-state index in [1.807, 2.05) is 50.2 Å². The number of sulfonamides is 1. The van der Waals surface area contributed by atoms with Gasteiger partial charge in [-0.05, 0) is 68.5 Å². The Morgan fingerprint density at radius 3 is 2.59 bits per heavy atom. The van der Waals surface area contributed by atoms with E-state index in [0.717, 1.165) is 48.5 Å². The first-order chi connectivity index (χ1) is 15.4. The van der Waals surface area contributed by atoms with E-state index >= 15 is 0 Å². The number of rotatable bonds is 12. The largest absolute Gasteiger partial charge is 0.492 e. The predicted octanol–water partition coefficient (Wildman–Crippen LogP) is 3.63. The van der Waals surface area contributed by atoms with Crippen molar-refractivity contribution < 1.29 is 17.9 Å². The number of ether oxygens (including phenoxy) is 1. The summed E-state index contributed by atoms with van der Waals surface area (Å²) in [5, 5.41) is 6.35. The lowest BCUT2D eigenvalue weighted by Gasteiger charge is -2.22. The van der Waals surface area contributed by atoms with E-state index in [9.17, 15) is 13.2 Å². The molecule has 0 aliphatic carbocycles. The van der Waals surface area contributed by atoms with Gasteiger partial charge in [-0.1, -0.05) is 25.1 Å². The second-order valence-corrected chi connectivity index (χ2v) is 9.94. The van der Waals surface area contributed by atoms with Crippen LogP contribution in [-0.4, -0.2) is 39.8 Å². The summed E-state index contributed by atoms with van der Waals surface area (Å²) in [4.78, 5) is 11.7. The lowest BCUT2D eigenvalue weighted by atomic mass is 9.98. The van der Waals surface area contributed by atoms with Gasteiger partial charge < -0.3 is 15.4 Å². The third kappa shape index (κ3) is 6.97. The second kappa shape index (κ2) is 11.3. The van der Waals surface area contributed by atoms with Crippen molar-refractivity contribution >= 4 is 27.3 Å². The maximum absolute atomic E-state index is 11.8. The van der Waals surface area contributed by atoms with Crippen molar-refractivity contribution in [3.05, 3.63) is 53.1 Å². The highest BCUT2D eigenvalue weighted by atomic mass is 32.2.